The summed E-state index contributed by atoms with van der Waals surface area (Å²) >= 11 is 1.85. The fourth-order valence-corrected chi connectivity index (χ4v) is 10.6. The predicted molar refractivity (Wildman–Crippen MR) is 282 cm³/mol. The Kier molecular flexibility index (Phi) is 10.4. The van der Waals surface area contributed by atoms with Crippen LogP contribution in [0.3, 0.4) is 0 Å². The quantitative estimate of drug-likeness (QED) is 0.145. The number of nitrogens with zero attached hydrogens (tertiary/aromatic N) is 3. The smallest absolute Gasteiger partial charge is 0.160 e. The van der Waals surface area contributed by atoms with Gasteiger partial charge in [0.1, 0.15) is 0 Å². The Balaban J connectivity index is 1.09. The maximum Gasteiger partial charge on any atom is 0.160 e. The molecule has 3 heterocycles. The van der Waals surface area contributed by atoms with Gasteiger partial charge in [0.2, 0.25) is 0 Å². The van der Waals surface area contributed by atoms with Crippen molar-refractivity contribution in [1.82, 2.24) is 15.0 Å². The Labute approximate surface area is 394 Å². The van der Waals surface area contributed by atoms with Crippen molar-refractivity contribution in [3.8, 4) is 101 Å². The van der Waals surface area contributed by atoms with E-state index in [1.54, 1.807) is 0 Å². The Bertz CT molecular complexity index is 3620. The van der Waals surface area contributed by atoms with Crippen LogP contribution in [0, 0.1) is 0 Å². The highest BCUT2D eigenvalue weighted by atomic mass is 32.1. The van der Waals surface area contributed by atoms with Gasteiger partial charge in [0.15, 0.2) is 5.82 Å². The summed E-state index contributed by atoms with van der Waals surface area (Å²) in [7, 11) is 0. The van der Waals surface area contributed by atoms with Crippen LogP contribution >= 0.6 is 11.3 Å². The van der Waals surface area contributed by atoms with Crippen molar-refractivity contribution in [2.24, 2.45) is 0 Å². The molecule has 3 nitrogen and oxygen atoms in total. The van der Waals surface area contributed by atoms with Crippen molar-refractivity contribution in [2.75, 3.05) is 0 Å². The molecule has 0 aliphatic rings. The molecule has 314 valence electrons. The Hall–Kier alpha value is -8.57. The first-order chi connectivity index (χ1) is 33.2. The molecule has 0 saturated carbocycles. The van der Waals surface area contributed by atoms with Gasteiger partial charge in [-0.25, -0.2) is 15.0 Å². The van der Waals surface area contributed by atoms with Gasteiger partial charge in [-0.2, -0.15) is 0 Å². The molecule has 0 saturated heterocycles. The van der Waals surface area contributed by atoms with Gasteiger partial charge in [-0.3, -0.25) is 0 Å². The molecule has 0 N–H and O–H groups in total. The van der Waals surface area contributed by atoms with Crippen LogP contribution in [-0.2, 0) is 0 Å². The van der Waals surface area contributed by atoms with Gasteiger partial charge < -0.3 is 0 Å². The number of rotatable bonds is 9. The number of benzene rings is 9. The van der Waals surface area contributed by atoms with E-state index in [-0.39, 0.29) is 0 Å². The Morgan fingerprint density at radius 1 is 0.269 bits per heavy atom. The minimum Gasteiger partial charge on any atom is -0.246 e. The fraction of sp³-hybridized carbons (Fsp3) is 0. The van der Waals surface area contributed by atoms with Crippen LogP contribution in [0.25, 0.3) is 121 Å². The van der Waals surface area contributed by atoms with Crippen LogP contribution in [0.1, 0.15) is 0 Å². The average Bonchev–Trinajstić information content (AvgIpc) is 3.80. The van der Waals surface area contributed by atoms with Crippen molar-refractivity contribution >= 4 is 31.5 Å². The number of pyridine rings is 1. The molecule has 3 aromatic heterocycles. The van der Waals surface area contributed by atoms with Crippen molar-refractivity contribution in [2.45, 2.75) is 0 Å². The summed E-state index contributed by atoms with van der Waals surface area (Å²) in [6, 6.07) is 88.0. The highest BCUT2D eigenvalue weighted by molar-refractivity contribution is 7.26. The summed E-state index contributed by atoms with van der Waals surface area (Å²) in [5.74, 6) is 0.670. The van der Waals surface area contributed by atoms with Crippen molar-refractivity contribution in [3.63, 3.8) is 0 Å². The second-order valence-electron chi connectivity index (χ2n) is 16.7. The molecule has 0 unspecified atom stereocenters. The second-order valence-corrected chi connectivity index (χ2v) is 17.7. The maximum absolute atomic E-state index is 5.66. The van der Waals surface area contributed by atoms with E-state index >= 15 is 0 Å². The lowest BCUT2D eigenvalue weighted by Crippen LogP contribution is -2.02. The van der Waals surface area contributed by atoms with E-state index < -0.39 is 0 Å². The van der Waals surface area contributed by atoms with E-state index in [1.165, 1.54) is 25.7 Å². The van der Waals surface area contributed by atoms with Gasteiger partial charge in [0, 0.05) is 64.7 Å². The highest BCUT2D eigenvalue weighted by Crippen LogP contribution is 2.49. The maximum atomic E-state index is 5.66. The van der Waals surface area contributed by atoms with Gasteiger partial charge >= 0.3 is 0 Å². The summed E-state index contributed by atoms with van der Waals surface area (Å²) < 4.78 is 2.57. The monoisotopic (exact) mass is 871 g/mol. The molecule has 4 heteroatoms. The number of hydrogen-bond acceptors (Lipinski definition) is 4. The largest absolute Gasteiger partial charge is 0.246 e. The van der Waals surface area contributed by atoms with E-state index in [0.717, 1.165) is 89.5 Å². The van der Waals surface area contributed by atoms with E-state index in [0.29, 0.717) is 5.82 Å². The summed E-state index contributed by atoms with van der Waals surface area (Å²) in [6.45, 7) is 0. The van der Waals surface area contributed by atoms with E-state index in [1.807, 2.05) is 17.4 Å². The third-order valence-corrected chi connectivity index (χ3v) is 13.7. The molecular formula is C63H41N3S. The molecule has 0 aliphatic heterocycles. The van der Waals surface area contributed by atoms with Crippen molar-refractivity contribution < 1.29 is 0 Å². The highest BCUT2D eigenvalue weighted by Gasteiger charge is 2.26. The van der Waals surface area contributed by atoms with Gasteiger partial charge in [-0.05, 0) is 52.1 Å². The van der Waals surface area contributed by atoms with Gasteiger partial charge in [-0.1, -0.05) is 224 Å². The van der Waals surface area contributed by atoms with Crippen LogP contribution in [0.15, 0.2) is 249 Å². The molecule has 0 aliphatic carbocycles. The van der Waals surface area contributed by atoms with Crippen LogP contribution in [0.2, 0.25) is 0 Å². The van der Waals surface area contributed by atoms with Crippen molar-refractivity contribution in [1.29, 1.82) is 0 Å². The van der Waals surface area contributed by atoms with Gasteiger partial charge in [0.25, 0.3) is 0 Å². The second kappa shape index (κ2) is 17.4. The minimum absolute atomic E-state index is 0.670. The molecule has 9 aromatic carbocycles. The third kappa shape index (κ3) is 7.59. The minimum atomic E-state index is 0.670. The zero-order valence-corrected chi connectivity index (χ0v) is 37.2. The first kappa shape index (κ1) is 40.0. The number of aromatic nitrogens is 3. The lowest BCUT2D eigenvalue weighted by Gasteiger charge is -2.23. The standard InChI is InChI=1S/C63H41N3S/c1-6-21-42(22-7-1)54-41-55(65-63(64-54)50-34-18-31-47(39-50)51-36-20-37-53-52-35-16-17-38-56(52)67-62(51)53)48-32-19-33-49(40-48)57-58(43-23-8-2-9-24-43)60(45-27-12-4-13-28-45)66-61(46-29-14-5-15-30-46)59(57)44-25-10-3-11-26-44/h1-41H. The molecule has 0 amide bonds. The van der Waals surface area contributed by atoms with E-state index in [4.69, 9.17) is 15.0 Å². The van der Waals surface area contributed by atoms with Crippen LogP contribution < -0.4 is 0 Å². The topological polar surface area (TPSA) is 38.7 Å². The van der Waals surface area contributed by atoms with E-state index in [9.17, 15) is 0 Å². The molecule has 0 atom stereocenters. The summed E-state index contributed by atoms with van der Waals surface area (Å²) in [6.07, 6.45) is 0. The van der Waals surface area contributed by atoms with Crippen LogP contribution in [0.5, 0.6) is 0 Å². The average molecular weight is 872 g/mol. The molecule has 0 fully saturated rings. The lowest BCUT2D eigenvalue weighted by molar-refractivity contribution is 1.18. The molecule has 0 radical (unpaired) electrons. The Morgan fingerprint density at radius 2 is 0.701 bits per heavy atom. The third-order valence-electron chi connectivity index (χ3n) is 12.5. The zero-order valence-electron chi connectivity index (χ0n) is 36.4. The van der Waals surface area contributed by atoms with Crippen molar-refractivity contribution in [3.05, 3.63) is 249 Å². The molecular weight excluding hydrogens is 831 g/mol. The van der Waals surface area contributed by atoms with Gasteiger partial charge in [0.05, 0.1) is 22.8 Å². The molecule has 12 aromatic rings. The molecule has 0 bridgehead atoms. The fourth-order valence-electron chi connectivity index (χ4n) is 9.37. The normalized spacial score (nSPS) is 11.3. The lowest BCUT2D eigenvalue weighted by atomic mass is 9.83. The number of hydrogen-bond donors (Lipinski definition) is 0. The summed E-state index contributed by atoms with van der Waals surface area (Å²) in [5.41, 5.74) is 17.5. The van der Waals surface area contributed by atoms with Crippen LogP contribution in [0.4, 0.5) is 0 Å². The molecule has 0 spiro atoms. The van der Waals surface area contributed by atoms with Gasteiger partial charge in [-0.15, -0.1) is 11.3 Å². The summed E-state index contributed by atoms with van der Waals surface area (Å²) in [4.78, 5) is 16.4. The SMILES string of the molecule is c1ccc(-c2cc(-c3cccc(-c4c(-c5ccccc5)c(-c5ccccc5)nc(-c5ccccc5)c4-c4ccccc4)c3)nc(-c3cccc(-c4cccc5c4sc4ccccc45)c3)n2)cc1. The number of thiophene rings is 1. The first-order valence-electron chi connectivity index (χ1n) is 22.6. The predicted octanol–water partition coefficient (Wildman–Crippen LogP) is 17.2. The summed E-state index contributed by atoms with van der Waals surface area (Å²) in [5, 5.41) is 2.57. The Morgan fingerprint density at radius 3 is 1.31 bits per heavy atom. The molecule has 67 heavy (non-hydrogen) atoms. The van der Waals surface area contributed by atoms with Crippen LogP contribution in [-0.4, -0.2) is 15.0 Å². The molecule has 12 rings (SSSR count). The van der Waals surface area contributed by atoms with E-state index in [2.05, 4.69) is 243 Å². The zero-order chi connectivity index (χ0) is 44.5. The number of fused-ring (bicyclic) bond motifs is 3. The first-order valence-corrected chi connectivity index (χ1v) is 23.4.